The molecular weight excluding hydrogens is 949 g/mol. The quantitative estimate of drug-likeness (QED) is 0.116. The number of methoxy groups -OCH3 is 4. The van der Waals surface area contributed by atoms with Gasteiger partial charge in [-0.3, -0.25) is 29.1 Å². The van der Waals surface area contributed by atoms with Gasteiger partial charge in [0, 0.05) is 49.8 Å². The van der Waals surface area contributed by atoms with Crippen LogP contribution in [0.2, 0.25) is 0 Å². The number of hydrogen-bond acceptors (Lipinski definition) is 22. The normalized spacial score (nSPS) is 17.8. The highest BCUT2D eigenvalue weighted by molar-refractivity contribution is 7.91. The van der Waals surface area contributed by atoms with E-state index in [1.807, 2.05) is 27.7 Å². The molecule has 24 nitrogen and oxygen atoms in total. The van der Waals surface area contributed by atoms with Crippen molar-refractivity contribution in [3.05, 3.63) is 83.5 Å². The summed E-state index contributed by atoms with van der Waals surface area (Å²) in [7, 11) is -1.56. The molecule has 6 aromatic heterocycles. The first-order valence-electron chi connectivity index (χ1n) is 22.5. The summed E-state index contributed by atoms with van der Waals surface area (Å²) >= 11 is 0. The molecule has 8 heterocycles. The van der Waals surface area contributed by atoms with E-state index in [4.69, 9.17) is 28.4 Å². The number of sulfone groups is 2. The Morgan fingerprint density at radius 2 is 0.900 bits per heavy atom. The van der Waals surface area contributed by atoms with Crippen LogP contribution in [-0.4, -0.2) is 138 Å². The lowest BCUT2D eigenvalue weighted by Gasteiger charge is -2.21. The van der Waals surface area contributed by atoms with Crippen molar-refractivity contribution in [3.8, 4) is 34.9 Å². The smallest absolute Gasteiger partial charge is 0.245 e. The molecule has 2 saturated heterocycles. The zero-order valence-electron chi connectivity index (χ0n) is 40.7. The molecule has 8 rings (SSSR count). The highest BCUT2D eigenvalue weighted by atomic mass is 32.2. The standard InChI is InChI=1S/2C22H29N7O5S/c2*1-13-9-24-16(10-23-13)14(2)15(3)35(30,31)11-18-27-28-20(17-7-6-8-34-17)29(18)19-21(32-4)25-12-26-22(19)33-5/h2*9-10,12,14-15,17H,6-8,11H2,1-5H3/t14-,15-,17+;14-,15-,17-/m00/s1. The summed E-state index contributed by atoms with van der Waals surface area (Å²) in [6, 6.07) is 0. The molecule has 2 aliphatic heterocycles. The Hall–Kier alpha value is -6.38. The SMILES string of the molecule is COc1ncnc(OC)c1-n1c(CS(=O)(=O)[C@@H](C)[C@H](C)c2cnc(C)cn2)nnc1[C@@H]1CCCO1.COc1ncnc(OC)c1-n1c(CS(=O)(=O)[C@@H](C)[C@H](C)c2cnc(C)cn2)nnc1[C@H]1CCCO1. The summed E-state index contributed by atoms with van der Waals surface area (Å²) in [5.74, 6) is 0.559. The highest BCUT2D eigenvalue weighted by Crippen LogP contribution is 2.38. The third-order valence-corrected chi connectivity index (χ3v) is 16.8. The molecule has 70 heavy (non-hydrogen) atoms. The predicted octanol–water partition coefficient (Wildman–Crippen LogP) is 4.26. The minimum absolute atomic E-state index is 0.191. The molecule has 2 aliphatic rings. The Kier molecular flexibility index (Phi) is 16.3. The van der Waals surface area contributed by atoms with Gasteiger partial charge in [0.05, 0.1) is 61.7 Å². The van der Waals surface area contributed by atoms with E-state index in [9.17, 15) is 16.8 Å². The van der Waals surface area contributed by atoms with Crippen LogP contribution in [0.1, 0.15) is 123 Å². The molecule has 0 N–H and O–H groups in total. The molecule has 0 unspecified atom stereocenters. The van der Waals surface area contributed by atoms with Crippen molar-refractivity contribution in [1.29, 1.82) is 0 Å². The number of ether oxygens (including phenoxy) is 6. The Morgan fingerprint density at radius 1 is 0.543 bits per heavy atom. The van der Waals surface area contributed by atoms with Crippen LogP contribution in [0.5, 0.6) is 23.5 Å². The topological polar surface area (TPSA) is 288 Å². The van der Waals surface area contributed by atoms with Gasteiger partial charge in [-0.05, 0) is 53.4 Å². The Balaban J connectivity index is 0.000000206. The van der Waals surface area contributed by atoms with E-state index in [0.717, 1.165) is 37.1 Å². The van der Waals surface area contributed by atoms with Gasteiger partial charge in [-0.25, -0.2) is 16.8 Å². The molecule has 0 bridgehead atoms. The van der Waals surface area contributed by atoms with Gasteiger partial charge in [0.15, 0.2) is 54.3 Å². The Labute approximate surface area is 406 Å². The van der Waals surface area contributed by atoms with E-state index < -0.39 is 30.2 Å². The Morgan fingerprint density at radius 3 is 1.19 bits per heavy atom. The number of aryl methyl sites for hydroxylation is 2. The second kappa shape index (κ2) is 22.1. The number of hydrogen-bond donors (Lipinski definition) is 0. The maximum atomic E-state index is 13.6. The van der Waals surface area contributed by atoms with Crippen LogP contribution in [0.3, 0.4) is 0 Å². The van der Waals surface area contributed by atoms with Gasteiger partial charge in [0.1, 0.15) is 36.4 Å². The fraction of sp³-hybridized carbons (Fsp3) is 0.545. The van der Waals surface area contributed by atoms with Crippen LogP contribution in [-0.2, 0) is 40.7 Å². The molecule has 376 valence electrons. The largest absolute Gasteiger partial charge is 0.479 e. The van der Waals surface area contributed by atoms with Crippen LogP contribution < -0.4 is 18.9 Å². The third-order valence-electron chi connectivity index (χ3n) is 12.4. The van der Waals surface area contributed by atoms with Crippen molar-refractivity contribution in [2.24, 2.45) is 0 Å². The summed E-state index contributed by atoms with van der Waals surface area (Å²) in [6.45, 7) is 11.8. The van der Waals surface area contributed by atoms with Crippen molar-refractivity contribution in [2.75, 3.05) is 41.7 Å². The molecule has 0 spiro atoms. The lowest BCUT2D eigenvalue weighted by molar-refractivity contribution is 0.103. The third kappa shape index (κ3) is 11.0. The van der Waals surface area contributed by atoms with Gasteiger partial charge in [0.2, 0.25) is 23.5 Å². The van der Waals surface area contributed by atoms with Gasteiger partial charge in [0.25, 0.3) is 0 Å². The first-order valence-corrected chi connectivity index (χ1v) is 25.9. The molecule has 26 heteroatoms. The average Bonchev–Trinajstić information content (AvgIpc) is 4.22. The summed E-state index contributed by atoms with van der Waals surface area (Å²) in [4.78, 5) is 33.9. The van der Waals surface area contributed by atoms with Gasteiger partial charge >= 0.3 is 0 Å². The lowest BCUT2D eigenvalue weighted by Crippen LogP contribution is -2.27. The van der Waals surface area contributed by atoms with Crippen molar-refractivity contribution in [1.82, 2.24) is 69.4 Å². The van der Waals surface area contributed by atoms with E-state index >= 15 is 0 Å². The zero-order valence-corrected chi connectivity index (χ0v) is 42.4. The second-order valence-electron chi connectivity index (χ2n) is 16.9. The van der Waals surface area contributed by atoms with E-state index in [1.54, 1.807) is 47.8 Å². The number of nitrogens with zero attached hydrogens (tertiary/aromatic N) is 14. The average molecular weight is 1010 g/mol. The van der Waals surface area contributed by atoms with Gasteiger partial charge in [-0.15, -0.1) is 20.4 Å². The lowest BCUT2D eigenvalue weighted by atomic mass is 10.1. The highest BCUT2D eigenvalue weighted by Gasteiger charge is 2.37. The Bertz CT molecular complexity index is 2700. The minimum atomic E-state index is -3.71. The molecule has 0 saturated carbocycles. The zero-order chi connectivity index (χ0) is 50.3. The maximum Gasteiger partial charge on any atom is 0.245 e. The van der Waals surface area contributed by atoms with Crippen LogP contribution in [0.25, 0.3) is 11.4 Å². The number of rotatable bonds is 18. The van der Waals surface area contributed by atoms with Crippen LogP contribution >= 0.6 is 0 Å². The van der Waals surface area contributed by atoms with Crippen molar-refractivity contribution < 1.29 is 45.3 Å². The first kappa shape index (κ1) is 51.5. The van der Waals surface area contributed by atoms with Crippen molar-refractivity contribution in [2.45, 2.75) is 113 Å². The van der Waals surface area contributed by atoms with Crippen molar-refractivity contribution in [3.63, 3.8) is 0 Å². The summed E-state index contributed by atoms with van der Waals surface area (Å²) in [6.07, 6.45) is 11.6. The predicted molar refractivity (Wildman–Crippen MR) is 250 cm³/mol. The minimum Gasteiger partial charge on any atom is -0.479 e. The molecule has 0 radical (unpaired) electrons. The summed E-state index contributed by atoms with van der Waals surface area (Å²) in [5.41, 5.74) is 3.38. The van der Waals surface area contributed by atoms with Crippen molar-refractivity contribution >= 4 is 19.7 Å². The molecule has 0 aromatic carbocycles. The van der Waals surface area contributed by atoms with Crippen LogP contribution in [0, 0.1) is 13.8 Å². The van der Waals surface area contributed by atoms with Gasteiger partial charge in [-0.1, -0.05) is 13.8 Å². The van der Waals surface area contributed by atoms with E-state index in [-0.39, 0.29) is 70.7 Å². The van der Waals surface area contributed by atoms with E-state index in [1.165, 1.54) is 41.1 Å². The molecule has 0 amide bonds. The van der Waals surface area contributed by atoms with E-state index in [2.05, 4.69) is 60.3 Å². The molecule has 0 aliphatic carbocycles. The van der Waals surface area contributed by atoms with E-state index in [0.29, 0.717) is 47.6 Å². The van der Waals surface area contributed by atoms with Gasteiger partial charge in [-0.2, -0.15) is 19.9 Å². The molecule has 2 fully saturated rings. The van der Waals surface area contributed by atoms with Gasteiger partial charge < -0.3 is 28.4 Å². The van der Waals surface area contributed by atoms with Crippen LogP contribution in [0.15, 0.2) is 37.4 Å². The fourth-order valence-corrected chi connectivity index (χ4v) is 11.1. The molecular formula is C44H58N14O10S2. The summed E-state index contributed by atoms with van der Waals surface area (Å²) in [5, 5.41) is 15.6. The second-order valence-corrected chi connectivity index (χ2v) is 21.6. The number of aromatic nitrogens is 14. The first-order chi connectivity index (χ1) is 33.5. The molecule has 6 atom stereocenters. The fourth-order valence-electron chi connectivity index (χ4n) is 7.99. The molecule has 6 aromatic rings. The monoisotopic (exact) mass is 1010 g/mol. The maximum absolute atomic E-state index is 13.6. The summed E-state index contributed by atoms with van der Waals surface area (Å²) < 4.78 is 90.9. The van der Waals surface area contributed by atoms with Crippen LogP contribution in [0.4, 0.5) is 0 Å².